The number of imidazole rings is 1. The normalized spacial score (nSPS) is 14.2. The average molecular weight is 1150 g/mol. The Morgan fingerprint density at radius 3 is 1.71 bits per heavy atom. The van der Waals surface area contributed by atoms with Crippen LogP contribution in [0.3, 0.4) is 0 Å². The molecule has 29 heteroatoms. The van der Waals surface area contributed by atoms with Crippen LogP contribution in [0.25, 0.3) is 10.9 Å². The molecule has 0 saturated carbocycles. The number of aliphatic imine (C=N–C) groups is 2. The van der Waals surface area contributed by atoms with Gasteiger partial charge in [0.2, 0.25) is 41.4 Å². The highest BCUT2D eigenvalue weighted by molar-refractivity contribution is 7.80. The van der Waals surface area contributed by atoms with Crippen molar-refractivity contribution in [3.05, 3.63) is 90.1 Å². The van der Waals surface area contributed by atoms with Gasteiger partial charge in [0, 0.05) is 79.8 Å². The van der Waals surface area contributed by atoms with Crippen molar-refractivity contribution in [2.45, 2.75) is 114 Å². The molecule has 0 aliphatic heterocycles. The first-order valence-corrected chi connectivity index (χ1v) is 26.7. The van der Waals surface area contributed by atoms with Gasteiger partial charge in [-0.15, -0.1) is 0 Å². The zero-order valence-corrected chi connectivity index (χ0v) is 46.5. The third-order valence-corrected chi connectivity index (χ3v) is 12.6. The predicted octanol–water partition coefficient (Wildman–Crippen LogP) is -2.83. The van der Waals surface area contributed by atoms with Crippen molar-refractivity contribution in [1.29, 1.82) is 0 Å². The van der Waals surface area contributed by atoms with Crippen molar-refractivity contribution in [2.24, 2.45) is 44.6 Å². The second kappa shape index (κ2) is 35.5. The quantitative estimate of drug-likeness (QED) is 0.00560. The van der Waals surface area contributed by atoms with E-state index in [4.69, 9.17) is 31.4 Å². The van der Waals surface area contributed by atoms with Crippen LogP contribution in [0.15, 0.2) is 83.3 Å². The Morgan fingerprint density at radius 1 is 0.637 bits per heavy atom. The van der Waals surface area contributed by atoms with E-state index in [-0.39, 0.29) is 73.9 Å². The zero-order valence-electron chi connectivity index (χ0n) is 46.7. The molecule has 0 fully saturated rings. The van der Waals surface area contributed by atoms with E-state index < -0.39 is 96.3 Å². The van der Waals surface area contributed by atoms with Gasteiger partial charge in [-0.25, -0.2) is 15.8 Å². The number of nitrogens with one attached hydrogen (secondary N) is 10. The molecule has 0 saturated heterocycles. The fourth-order valence-corrected chi connectivity index (χ4v) is 8.15. The van der Waals surface area contributed by atoms with Crippen LogP contribution in [0, 0.1) is 5.92 Å². The van der Waals surface area contributed by atoms with Gasteiger partial charge >= 0.3 is 0 Å². The van der Waals surface area contributed by atoms with Crippen molar-refractivity contribution < 1.29 is 45.9 Å². The van der Waals surface area contributed by atoms with E-state index in [0.717, 1.165) is 10.9 Å². The standard InChI is InChI=1S/C40H55N13O6S.C11H21N5O3S/c1-23(2)34(53-52-27(20-54)17-26-19-44-22-47-26)39(59)50-31(15-24-9-4-3-5-10-24)37(57)48-30(13-8-14-45-40(42)43)36(56)49-32(38(58)51-33(21-60)35(41)55)16-25-18-46-29-12-7-6-11-28(25)29;1-7(18)15-9(3-2-4-14-11(12)13)10(19)16-8(5-17)6-20/h3-7,9-12,18-20,22-23,27,30-34,46,52-53,60H,8,13-17,21H2,1-2H3,(H2,41,55)(H,44,47)(H,48,57)(H,49,56)(H,50,59)(H,51,58)(H4,42,43,45);5,8-9,20H,2-4,6H2,1H3,(H,15,18)(H,16,19)(H4,12,13,14)/t27-,30-,31?,32?,33-,34-;8-,9+/m01/s1/i20D;5D. The second-order valence-corrected chi connectivity index (χ2v) is 19.3. The number of amides is 7. The molecule has 20 N–H and O–H groups in total. The molecule has 80 heavy (non-hydrogen) atoms. The number of aromatic nitrogens is 3. The van der Waals surface area contributed by atoms with Gasteiger partial charge in [-0.05, 0) is 48.8 Å². The molecule has 8 atom stereocenters. The Hall–Kier alpha value is -8.02. The molecule has 4 rings (SSSR count). The summed E-state index contributed by atoms with van der Waals surface area (Å²) in [7, 11) is 0. The number of thiol groups is 2. The monoisotopic (exact) mass is 1150 g/mol. The number of carbonyl (C=O) groups is 9. The molecule has 2 aromatic heterocycles. The van der Waals surface area contributed by atoms with Crippen molar-refractivity contribution in [1.82, 2.24) is 57.7 Å². The molecule has 0 spiro atoms. The fraction of sp³-hybridized carbons (Fsp3) is 0.451. The van der Waals surface area contributed by atoms with E-state index in [1.165, 1.54) is 19.4 Å². The number of aromatic amines is 2. The molecule has 2 unspecified atom stereocenters. The highest BCUT2D eigenvalue weighted by atomic mass is 32.1. The number of para-hydroxylation sites is 1. The van der Waals surface area contributed by atoms with Gasteiger partial charge in [-0.3, -0.25) is 43.5 Å². The molecule has 27 nitrogen and oxygen atoms in total. The zero-order chi connectivity index (χ0) is 60.9. The summed E-state index contributed by atoms with van der Waals surface area (Å²) in [5, 5.41) is 16.6. The van der Waals surface area contributed by atoms with Crippen molar-refractivity contribution in [3.63, 3.8) is 0 Å². The molecule has 2 heterocycles. The van der Waals surface area contributed by atoms with E-state index in [1.54, 1.807) is 50.4 Å². The third-order valence-electron chi connectivity index (χ3n) is 11.8. The van der Waals surface area contributed by atoms with Gasteiger partial charge in [-0.2, -0.15) is 25.3 Å². The Kier molecular flexibility index (Phi) is 27.9. The van der Waals surface area contributed by atoms with Crippen LogP contribution in [0.2, 0.25) is 0 Å². The molecule has 7 amide bonds. The van der Waals surface area contributed by atoms with Gasteiger partial charge in [0.1, 0.15) is 51.5 Å². The van der Waals surface area contributed by atoms with Crippen LogP contribution < -0.4 is 71.4 Å². The fourth-order valence-electron chi connectivity index (χ4n) is 7.71. The number of guanidine groups is 2. The summed E-state index contributed by atoms with van der Waals surface area (Å²) in [6.07, 6.45) is 3.94. The van der Waals surface area contributed by atoms with Gasteiger partial charge in [0.15, 0.2) is 11.9 Å². The van der Waals surface area contributed by atoms with Gasteiger partial charge in [0.05, 0.1) is 18.4 Å². The third kappa shape index (κ3) is 23.9. The lowest BCUT2D eigenvalue weighted by atomic mass is 10.0. The Balaban J connectivity index is 0.000000709. The minimum atomic E-state index is -1.26. The van der Waals surface area contributed by atoms with Crippen LogP contribution in [0.5, 0.6) is 0 Å². The topological polar surface area (TPSA) is 449 Å². The second-order valence-electron chi connectivity index (χ2n) is 18.6. The largest absolute Gasteiger partial charge is 0.370 e. The number of benzene rings is 2. The summed E-state index contributed by atoms with van der Waals surface area (Å²) >= 11 is 8.03. The summed E-state index contributed by atoms with van der Waals surface area (Å²) in [4.78, 5) is 132. The van der Waals surface area contributed by atoms with E-state index in [0.29, 0.717) is 36.2 Å². The summed E-state index contributed by atoms with van der Waals surface area (Å²) in [5.74, 6) is -5.18. The van der Waals surface area contributed by atoms with E-state index >= 15 is 0 Å². The SMILES string of the molecule is [2H]C(=O)[C@H](CS)NC(=O)[C@H](CCCN=C(N)N)NC(C)=O.[2H]C(=O)[C@H](Cc1cnc[nH]1)NN[C@H](C(=O)NC(Cc1ccccc1)C(=O)N[C@@H](CCCN=C(N)N)C(=O)NC(Cc1c[nH]c2ccccc12)C(=O)N[C@@H](CS)C(N)=O)C(C)C. The molecule has 436 valence electrons. The Bertz CT molecular complexity index is 2800. The molecule has 0 aliphatic carbocycles. The molecule has 0 bridgehead atoms. The first kappa shape index (κ1) is 62.8. The highest BCUT2D eigenvalue weighted by Gasteiger charge is 2.33. The first-order valence-electron chi connectivity index (χ1n) is 26.4. The number of hydrazine groups is 1. The number of hydrogen-bond donors (Lipinski definition) is 17. The first-order chi connectivity index (χ1) is 38.9. The smallest absolute Gasteiger partial charge is 0.243 e. The van der Waals surface area contributed by atoms with E-state index in [2.05, 4.69) is 92.9 Å². The maximum Gasteiger partial charge on any atom is 0.243 e. The van der Waals surface area contributed by atoms with Crippen molar-refractivity contribution in [3.8, 4) is 0 Å². The van der Waals surface area contributed by atoms with Gasteiger partial charge < -0.3 is 80.1 Å². The van der Waals surface area contributed by atoms with Crippen LogP contribution in [0.1, 0.15) is 66.0 Å². The summed E-state index contributed by atoms with van der Waals surface area (Å²) in [6, 6.07) is 7.61. The number of rotatable bonds is 34. The lowest BCUT2D eigenvalue weighted by Crippen LogP contribution is -2.61. The number of nitrogens with two attached hydrogens (primary N) is 5. The maximum absolute atomic E-state index is 14.3. The number of nitrogens with zero attached hydrogens (tertiary/aromatic N) is 3. The number of aldehydes is 2. The van der Waals surface area contributed by atoms with Crippen LogP contribution in [-0.2, 0) is 62.4 Å². The minimum Gasteiger partial charge on any atom is -0.370 e. The average Bonchev–Trinajstić information content (AvgIpc) is 4.23. The number of hydrogen-bond acceptors (Lipinski definition) is 16. The van der Waals surface area contributed by atoms with Crippen LogP contribution in [-0.4, -0.2) is 154 Å². The number of primary amides is 1. The Labute approximate surface area is 477 Å². The van der Waals surface area contributed by atoms with Crippen molar-refractivity contribution in [2.75, 3.05) is 24.6 Å². The highest BCUT2D eigenvalue weighted by Crippen LogP contribution is 2.20. The molecule has 2 aromatic carbocycles. The summed E-state index contributed by atoms with van der Waals surface area (Å²) in [6.45, 7) is 5.24. The maximum atomic E-state index is 14.3. The lowest BCUT2D eigenvalue weighted by molar-refractivity contribution is -0.134. The van der Waals surface area contributed by atoms with Crippen LogP contribution in [0.4, 0.5) is 0 Å². The Morgan fingerprint density at radius 2 is 1.18 bits per heavy atom. The van der Waals surface area contributed by atoms with Crippen LogP contribution >= 0.6 is 25.3 Å². The van der Waals surface area contributed by atoms with Gasteiger partial charge in [-0.1, -0.05) is 62.4 Å². The minimum absolute atomic E-state index is 0.00676. The molecule has 4 aromatic rings. The molecule has 0 aliphatic rings. The number of fused-ring (bicyclic) bond motifs is 1. The predicted molar refractivity (Wildman–Crippen MR) is 309 cm³/mol. The van der Waals surface area contributed by atoms with E-state index in [1.807, 2.05) is 24.3 Å². The van der Waals surface area contributed by atoms with Gasteiger partial charge in [0.25, 0.3) is 0 Å². The molecule has 0 radical (unpaired) electrons. The summed E-state index contributed by atoms with van der Waals surface area (Å²) in [5.41, 5.74) is 35.3. The van der Waals surface area contributed by atoms with E-state index in [9.17, 15) is 43.2 Å². The number of H-pyrrole nitrogens is 2. The molecular formula is C51H76N18O9S2. The van der Waals surface area contributed by atoms with Crippen molar-refractivity contribution >= 4 is 102 Å². The molecular weight excluding hydrogens is 1070 g/mol. The summed E-state index contributed by atoms with van der Waals surface area (Å²) < 4.78 is 14.7. The number of carbonyl (C=O) groups excluding carboxylic acids is 9. The lowest BCUT2D eigenvalue weighted by Gasteiger charge is -2.28.